The lowest BCUT2D eigenvalue weighted by Gasteiger charge is -2.40. The Bertz CT molecular complexity index is 511. The number of hydrogen-bond donors (Lipinski definition) is 1. The number of nitrogens with zero attached hydrogens (tertiary/aromatic N) is 2. The SMILES string of the molecule is CC1CN(CC2CCOC2)CCN1C(=O)c1ccc(N)cc1. The second kappa shape index (κ2) is 6.67. The molecule has 0 aliphatic carbocycles. The topological polar surface area (TPSA) is 58.8 Å². The Kier molecular flexibility index (Phi) is 4.64. The van der Waals surface area contributed by atoms with Crippen LogP contribution in [0.3, 0.4) is 0 Å². The lowest BCUT2D eigenvalue weighted by atomic mass is 10.1. The minimum Gasteiger partial charge on any atom is -0.399 e. The van der Waals surface area contributed by atoms with Gasteiger partial charge < -0.3 is 15.4 Å². The Hall–Kier alpha value is -1.59. The van der Waals surface area contributed by atoms with E-state index in [1.807, 2.05) is 17.0 Å². The Morgan fingerprint density at radius 2 is 2.09 bits per heavy atom. The number of hydrogen-bond acceptors (Lipinski definition) is 4. The average molecular weight is 303 g/mol. The highest BCUT2D eigenvalue weighted by molar-refractivity contribution is 5.94. The maximum absolute atomic E-state index is 12.6. The molecule has 1 amide bonds. The van der Waals surface area contributed by atoms with E-state index in [1.54, 1.807) is 12.1 Å². The van der Waals surface area contributed by atoms with Gasteiger partial charge in [0.2, 0.25) is 0 Å². The molecule has 2 unspecified atom stereocenters. The van der Waals surface area contributed by atoms with Gasteiger partial charge in [-0.3, -0.25) is 9.69 Å². The molecule has 0 saturated carbocycles. The molecule has 0 bridgehead atoms. The molecule has 2 atom stereocenters. The van der Waals surface area contributed by atoms with Crippen LogP contribution in [0.1, 0.15) is 23.7 Å². The Morgan fingerprint density at radius 1 is 1.32 bits per heavy atom. The van der Waals surface area contributed by atoms with Gasteiger partial charge in [-0.2, -0.15) is 0 Å². The summed E-state index contributed by atoms with van der Waals surface area (Å²) < 4.78 is 5.45. The third-order valence-electron chi connectivity index (χ3n) is 4.67. The van der Waals surface area contributed by atoms with Crippen LogP contribution in [0, 0.1) is 5.92 Å². The Morgan fingerprint density at radius 3 is 2.73 bits per heavy atom. The number of nitrogen functional groups attached to an aromatic ring is 1. The van der Waals surface area contributed by atoms with E-state index in [1.165, 1.54) is 6.42 Å². The molecule has 5 heteroatoms. The van der Waals surface area contributed by atoms with Crippen LogP contribution < -0.4 is 5.73 Å². The van der Waals surface area contributed by atoms with Crippen molar-refractivity contribution < 1.29 is 9.53 Å². The predicted octanol–water partition coefficient (Wildman–Crippen LogP) is 1.45. The number of ether oxygens (including phenoxy) is 1. The minimum absolute atomic E-state index is 0.108. The largest absolute Gasteiger partial charge is 0.399 e. The number of anilines is 1. The van der Waals surface area contributed by atoms with Gasteiger partial charge in [0.1, 0.15) is 0 Å². The van der Waals surface area contributed by atoms with Crippen molar-refractivity contribution in [3.05, 3.63) is 29.8 Å². The van der Waals surface area contributed by atoms with Gasteiger partial charge in [-0.25, -0.2) is 0 Å². The van der Waals surface area contributed by atoms with E-state index in [-0.39, 0.29) is 11.9 Å². The highest BCUT2D eigenvalue weighted by atomic mass is 16.5. The smallest absolute Gasteiger partial charge is 0.254 e. The van der Waals surface area contributed by atoms with E-state index in [0.717, 1.165) is 45.0 Å². The number of piperazine rings is 1. The molecule has 2 heterocycles. The third kappa shape index (κ3) is 3.42. The van der Waals surface area contributed by atoms with Crippen molar-refractivity contribution in [2.45, 2.75) is 19.4 Å². The zero-order chi connectivity index (χ0) is 15.5. The zero-order valence-electron chi connectivity index (χ0n) is 13.2. The summed E-state index contributed by atoms with van der Waals surface area (Å²) in [5.41, 5.74) is 7.10. The normalized spacial score (nSPS) is 26.3. The van der Waals surface area contributed by atoms with E-state index in [2.05, 4.69) is 11.8 Å². The fourth-order valence-electron chi connectivity index (χ4n) is 3.38. The molecule has 0 spiro atoms. The summed E-state index contributed by atoms with van der Waals surface area (Å²) in [4.78, 5) is 17.1. The summed E-state index contributed by atoms with van der Waals surface area (Å²) in [5, 5.41) is 0. The van der Waals surface area contributed by atoms with Gasteiger partial charge in [-0.15, -0.1) is 0 Å². The van der Waals surface area contributed by atoms with Gasteiger partial charge >= 0.3 is 0 Å². The molecule has 2 N–H and O–H groups in total. The Labute approximate surface area is 132 Å². The fraction of sp³-hybridized carbons (Fsp3) is 0.588. The summed E-state index contributed by atoms with van der Waals surface area (Å²) in [6.07, 6.45) is 1.17. The summed E-state index contributed by atoms with van der Waals surface area (Å²) >= 11 is 0. The van der Waals surface area contributed by atoms with Crippen molar-refractivity contribution in [3.8, 4) is 0 Å². The molecule has 120 valence electrons. The molecular weight excluding hydrogens is 278 g/mol. The first-order valence-corrected chi connectivity index (χ1v) is 8.10. The summed E-state index contributed by atoms with van der Waals surface area (Å²) in [7, 11) is 0. The summed E-state index contributed by atoms with van der Waals surface area (Å²) in [6.45, 7) is 7.69. The Balaban J connectivity index is 1.57. The predicted molar refractivity (Wildman–Crippen MR) is 86.7 cm³/mol. The van der Waals surface area contributed by atoms with Crippen molar-refractivity contribution in [1.29, 1.82) is 0 Å². The van der Waals surface area contributed by atoms with Crippen LogP contribution in [0.4, 0.5) is 5.69 Å². The quantitative estimate of drug-likeness (QED) is 0.859. The van der Waals surface area contributed by atoms with Crippen molar-refractivity contribution >= 4 is 11.6 Å². The van der Waals surface area contributed by atoms with Crippen molar-refractivity contribution in [2.24, 2.45) is 5.92 Å². The van der Waals surface area contributed by atoms with Gasteiger partial charge in [-0.05, 0) is 43.5 Å². The van der Waals surface area contributed by atoms with E-state index >= 15 is 0 Å². The molecule has 5 nitrogen and oxygen atoms in total. The van der Waals surface area contributed by atoms with E-state index in [9.17, 15) is 4.79 Å². The minimum atomic E-state index is 0.108. The molecule has 3 rings (SSSR count). The molecule has 2 aliphatic heterocycles. The van der Waals surface area contributed by atoms with Crippen LogP contribution in [0.2, 0.25) is 0 Å². The number of carbonyl (C=O) groups is 1. The number of nitrogens with two attached hydrogens (primary N) is 1. The third-order valence-corrected chi connectivity index (χ3v) is 4.67. The fourth-order valence-corrected chi connectivity index (χ4v) is 3.38. The second-order valence-electron chi connectivity index (χ2n) is 6.46. The van der Waals surface area contributed by atoms with Crippen LogP contribution in [0.5, 0.6) is 0 Å². The van der Waals surface area contributed by atoms with Crippen molar-refractivity contribution in [2.75, 3.05) is 45.1 Å². The lowest BCUT2D eigenvalue weighted by Crippen LogP contribution is -2.54. The van der Waals surface area contributed by atoms with Crippen LogP contribution in [-0.2, 0) is 4.74 Å². The lowest BCUT2D eigenvalue weighted by molar-refractivity contribution is 0.0452. The summed E-state index contributed by atoms with van der Waals surface area (Å²) in [6, 6.07) is 7.43. The van der Waals surface area contributed by atoms with Crippen molar-refractivity contribution in [3.63, 3.8) is 0 Å². The van der Waals surface area contributed by atoms with E-state index in [4.69, 9.17) is 10.5 Å². The molecule has 0 radical (unpaired) electrons. The molecule has 0 aromatic heterocycles. The number of carbonyl (C=O) groups excluding carboxylic acids is 1. The van der Waals surface area contributed by atoms with Crippen LogP contribution >= 0.6 is 0 Å². The van der Waals surface area contributed by atoms with Crippen molar-refractivity contribution in [1.82, 2.24) is 9.80 Å². The number of amides is 1. The molecule has 1 aromatic rings. The van der Waals surface area contributed by atoms with Crippen LogP contribution in [0.15, 0.2) is 24.3 Å². The molecule has 1 aromatic carbocycles. The van der Waals surface area contributed by atoms with Gasteiger partial charge in [-0.1, -0.05) is 0 Å². The first-order chi connectivity index (χ1) is 10.6. The van der Waals surface area contributed by atoms with Crippen LogP contribution in [0.25, 0.3) is 0 Å². The highest BCUT2D eigenvalue weighted by Gasteiger charge is 2.29. The van der Waals surface area contributed by atoms with Gasteiger partial charge in [0, 0.05) is 50.1 Å². The molecule has 2 fully saturated rings. The zero-order valence-corrected chi connectivity index (χ0v) is 13.2. The first kappa shape index (κ1) is 15.3. The maximum Gasteiger partial charge on any atom is 0.254 e. The molecule has 2 saturated heterocycles. The standard InChI is InChI=1S/C17H25N3O2/c1-13-10-19(11-14-6-9-22-12-14)7-8-20(13)17(21)15-2-4-16(18)5-3-15/h2-5,13-14H,6-12,18H2,1H3. The van der Waals surface area contributed by atoms with Gasteiger partial charge in [0.15, 0.2) is 0 Å². The van der Waals surface area contributed by atoms with E-state index in [0.29, 0.717) is 11.6 Å². The highest BCUT2D eigenvalue weighted by Crippen LogP contribution is 2.19. The molecular formula is C17H25N3O2. The van der Waals surface area contributed by atoms with Gasteiger partial charge in [0.25, 0.3) is 5.91 Å². The maximum atomic E-state index is 12.6. The number of benzene rings is 1. The monoisotopic (exact) mass is 303 g/mol. The number of rotatable bonds is 3. The molecule has 22 heavy (non-hydrogen) atoms. The van der Waals surface area contributed by atoms with E-state index < -0.39 is 0 Å². The first-order valence-electron chi connectivity index (χ1n) is 8.10. The summed E-state index contributed by atoms with van der Waals surface area (Å²) in [5.74, 6) is 0.767. The van der Waals surface area contributed by atoms with Crippen LogP contribution in [-0.4, -0.2) is 61.1 Å². The average Bonchev–Trinajstić information content (AvgIpc) is 3.00. The molecule has 2 aliphatic rings. The van der Waals surface area contributed by atoms with Gasteiger partial charge in [0.05, 0.1) is 6.61 Å². The second-order valence-corrected chi connectivity index (χ2v) is 6.46.